The molecular formula is C47H50FN7O9S. The molecule has 3 aromatic carbocycles. The molecule has 2 fully saturated rings. The van der Waals surface area contributed by atoms with E-state index in [4.69, 9.17) is 15.2 Å². The summed E-state index contributed by atoms with van der Waals surface area (Å²) in [7, 11) is 0. The van der Waals surface area contributed by atoms with E-state index in [2.05, 4.69) is 16.0 Å². The lowest BCUT2D eigenvalue weighted by atomic mass is 10.1. The molecule has 65 heavy (non-hydrogen) atoms. The number of carbonyl (C=O) groups excluding carboxylic acids is 4. The molecule has 1 aliphatic heterocycles. The number of halogens is 1. The second-order valence-electron chi connectivity index (χ2n) is 15.7. The van der Waals surface area contributed by atoms with Crippen molar-refractivity contribution < 1.29 is 42.9 Å². The molecule has 1 unspecified atom stereocenters. The van der Waals surface area contributed by atoms with E-state index in [0.717, 1.165) is 16.5 Å². The maximum absolute atomic E-state index is 15.4. The number of piperazine rings is 1. The molecule has 7 rings (SSSR count). The van der Waals surface area contributed by atoms with Crippen LogP contribution in [-0.2, 0) is 38.8 Å². The fourth-order valence-electron chi connectivity index (χ4n) is 7.75. The van der Waals surface area contributed by atoms with Crippen molar-refractivity contribution in [2.75, 3.05) is 42.9 Å². The van der Waals surface area contributed by atoms with Gasteiger partial charge in [-0.1, -0.05) is 60.7 Å². The number of carboxylic acid groups (broad SMARTS) is 1. The zero-order valence-electron chi connectivity index (χ0n) is 35.7. The van der Waals surface area contributed by atoms with E-state index in [9.17, 15) is 33.9 Å². The van der Waals surface area contributed by atoms with Gasteiger partial charge >= 0.3 is 18.2 Å². The number of anilines is 2. The van der Waals surface area contributed by atoms with Crippen LogP contribution in [0.1, 0.15) is 58.5 Å². The molecule has 3 atom stereocenters. The molecule has 2 aliphatic rings. The Labute approximate surface area is 377 Å². The van der Waals surface area contributed by atoms with Gasteiger partial charge in [0.05, 0.1) is 11.2 Å². The number of unbranched alkanes of at least 4 members (excludes halogenated alkanes) is 1. The highest BCUT2D eigenvalue weighted by Crippen LogP contribution is 2.53. The minimum atomic E-state index is -1.38. The number of carboxylic acids is 1. The summed E-state index contributed by atoms with van der Waals surface area (Å²) in [6.07, 6.45) is 4.90. The molecular weight excluding hydrogens is 858 g/mol. The van der Waals surface area contributed by atoms with Crippen molar-refractivity contribution in [1.29, 1.82) is 0 Å². The Balaban J connectivity index is 0.938. The third-order valence-electron chi connectivity index (χ3n) is 11.4. The lowest BCUT2D eigenvalue weighted by molar-refractivity contribution is -0.127. The van der Waals surface area contributed by atoms with Crippen molar-refractivity contribution in [3.8, 4) is 0 Å². The second-order valence-corrected chi connectivity index (χ2v) is 16.7. The molecule has 1 aliphatic carbocycles. The highest BCUT2D eigenvalue weighted by molar-refractivity contribution is 7.10. The van der Waals surface area contributed by atoms with Gasteiger partial charge in [-0.15, -0.1) is 11.3 Å². The van der Waals surface area contributed by atoms with Gasteiger partial charge in [-0.2, -0.15) is 0 Å². The van der Waals surface area contributed by atoms with Gasteiger partial charge < -0.3 is 50.6 Å². The highest BCUT2D eigenvalue weighted by atomic mass is 32.1. The van der Waals surface area contributed by atoms with Crippen LogP contribution < -0.4 is 32.0 Å². The SMILES string of the molecule is CCn1cc(C(=O)O)c(=O)c2cc(F)c(N3CCN(C(=O)OCc4ccc(NC(=O)C(/C=C/CCCN)NC(=O)[C@@]5(NC(=O)OCc6ccccc6)C[C@@H]5c5cccs5)cc4)CC3)cc21. The van der Waals surface area contributed by atoms with Crippen molar-refractivity contribution in [2.45, 2.75) is 63.4 Å². The zero-order valence-corrected chi connectivity index (χ0v) is 36.5. The summed E-state index contributed by atoms with van der Waals surface area (Å²) in [5.74, 6) is -3.42. The van der Waals surface area contributed by atoms with Crippen LogP contribution in [0.2, 0.25) is 0 Å². The van der Waals surface area contributed by atoms with Gasteiger partial charge in [-0.25, -0.2) is 18.8 Å². The lowest BCUT2D eigenvalue weighted by Crippen LogP contribution is -2.54. The van der Waals surface area contributed by atoms with Crippen molar-refractivity contribution in [3.05, 3.63) is 140 Å². The number of hydrogen-bond acceptors (Lipinski definition) is 11. The van der Waals surface area contributed by atoms with Gasteiger partial charge in [-0.3, -0.25) is 14.4 Å². The number of alkyl carbamates (subject to hydrolysis) is 1. The molecule has 1 saturated heterocycles. The topological polar surface area (TPSA) is 215 Å². The number of aromatic carboxylic acids is 1. The zero-order chi connectivity index (χ0) is 46.1. The number of ether oxygens (including phenoxy) is 2. The smallest absolute Gasteiger partial charge is 0.410 e. The number of carbonyl (C=O) groups is 5. The molecule has 16 nitrogen and oxygen atoms in total. The minimum absolute atomic E-state index is 0.0204. The van der Waals surface area contributed by atoms with Crippen LogP contribution in [0.15, 0.2) is 107 Å². The molecule has 4 amide bonds. The molecule has 0 spiro atoms. The Bertz CT molecular complexity index is 2620. The number of nitrogens with one attached hydrogen (secondary N) is 3. The van der Waals surface area contributed by atoms with Crippen LogP contribution in [-0.4, -0.2) is 88.8 Å². The summed E-state index contributed by atoms with van der Waals surface area (Å²) in [4.78, 5) is 82.5. The lowest BCUT2D eigenvalue weighted by Gasteiger charge is -2.35. The first-order chi connectivity index (χ1) is 31.4. The summed E-state index contributed by atoms with van der Waals surface area (Å²) in [5.41, 5.74) is 5.67. The summed E-state index contributed by atoms with van der Waals surface area (Å²) in [5, 5.41) is 19.8. The van der Waals surface area contributed by atoms with Crippen LogP contribution in [0.4, 0.5) is 25.4 Å². The highest BCUT2D eigenvalue weighted by Gasteiger charge is 2.63. The normalized spacial score (nSPS) is 17.4. The first-order valence-corrected chi connectivity index (χ1v) is 22.1. The number of rotatable bonds is 17. The van der Waals surface area contributed by atoms with Crippen LogP contribution in [0.3, 0.4) is 0 Å². The predicted octanol–water partition coefficient (Wildman–Crippen LogP) is 5.95. The second kappa shape index (κ2) is 20.6. The average Bonchev–Trinajstić information content (AvgIpc) is 3.77. The number of pyridine rings is 1. The van der Waals surface area contributed by atoms with Gasteiger partial charge in [0.15, 0.2) is 0 Å². The summed E-state index contributed by atoms with van der Waals surface area (Å²) in [6, 6.07) is 21.1. The number of nitrogens with zero attached hydrogens (tertiary/aromatic N) is 3. The molecule has 3 heterocycles. The number of allylic oxidation sites excluding steroid dienone is 1. The third-order valence-corrected chi connectivity index (χ3v) is 12.4. The van der Waals surface area contributed by atoms with E-state index in [-0.39, 0.29) is 56.4 Å². The largest absolute Gasteiger partial charge is 0.477 e. The molecule has 1 saturated carbocycles. The van der Waals surface area contributed by atoms with E-state index in [1.54, 1.807) is 52.8 Å². The number of hydrogen-bond donors (Lipinski definition) is 5. The number of aromatic nitrogens is 1. The first-order valence-electron chi connectivity index (χ1n) is 21.3. The average molecular weight is 908 g/mol. The number of amides is 4. The van der Waals surface area contributed by atoms with Crippen molar-refractivity contribution in [2.24, 2.45) is 5.73 Å². The number of aryl methyl sites for hydroxylation is 1. The monoisotopic (exact) mass is 907 g/mol. The van der Waals surface area contributed by atoms with E-state index in [1.807, 2.05) is 47.8 Å². The molecule has 18 heteroatoms. The third kappa shape index (κ3) is 10.8. The Morgan fingerprint density at radius 1 is 0.969 bits per heavy atom. The fourth-order valence-corrected chi connectivity index (χ4v) is 8.67. The predicted molar refractivity (Wildman–Crippen MR) is 243 cm³/mol. The Kier molecular flexibility index (Phi) is 14.6. The maximum Gasteiger partial charge on any atom is 0.410 e. The van der Waals surface area contributed by atoms with Crippen LogP contribution in [0, 0.1) is 5.82 Å². The Morgan fingerprint density at radius 3 is 2.37 bits per heavy atom. The molecule has 0 bridgehead atoms. The van der Waals surface area contributed by atoms with Crippen molar-refractivity contribution in [3.63, 3.8) is 0 Å². The minimum Gasteiger partial charge on any atom is -0.477 e. The number of thiophene rings is 1. The van der Waals surface area contributed by atoms with Crippen molar-refractivity contribution in [1.82, 2.24) is 20.1 Å². The van der Waals surface area contributed by atoms with Gasteiger partial charge in [0.25, 0.3) is 5.91 Å². The van der Waals surface area contributed by atoms with Crippen LogP contribution in [0.25, 0.3) is 10.9 Å². The van der Waals surface area contributed by atoms with E-state index >= 15 is 4.39 Å². The number of benzene rings is 3. The van der Waals surface area contributed by atoms with Crippen molar-refractivity contribution >= 4 is 63.6 Å². The standard InChI is InChI=1S/C47H50FN7O9S/c1-2-53-27-34(43(58)59)41(56)33-24-36(48)39(25-38(33)53)54-19-21-55(22-20-54)46(62)64-29-31-14-16-32(17-15-31)50-42(57)37(12-7-4-8-18-49)51-44(60)47(26-35(47)40-13-9-23-65-40)52-45(61)63-28-30-10-5-3-6-11-30/h3,5-7,9-17,23-25,27,35,37H,2,4,8,18-22,26,28-29,49H2,1H3,(H,50,57)(H,51,60)(H,52,61)(H,58,59)/b12-7+/t35-,37?,47-/m1/s1. The van der Waals surface area contributed by atoms with Gasteiger partial charge in [0.2, 0.25) is 11.3 Å². The quantitative estimate of drug-likeness (QED) is 0.0543. The van der Waals surface area contributed by atoms with Gasteiger partial charge in [0.1, 0.15) is 36.2 Å². The van der Waals surface area contributed by atoms with E-state index < -0.39 is 58.4 Å². The first kappa shape index (κ1) is 46.0. The van der Waals surface area contributed by atoms with E-state index in [0.29, 0.717) is 49.1 Å². The molecule has 340 valence electrons. The molecule has 5 aromatic rings. The molecule has 6 N–H and O–H groups in total. The fraction of sp³-hybridized carbons (Fsp3) is 0.319. The van der Waals surface area contributed by atoms with Crippen LogP contribution >= 0.6 is 11.3 Å². The Hall–Kier alpha value is -7.05. The number of fused-ring (bicyclic) bond motifs is 1. The van der Waals surface area contributed by atoms with Gasteiger partial charge in [0, 0.05) is 60.8 Å². The maximum atomic E-state index is 15.4. The summed E-state index contributed by atoms with van der Waals surface area (Å²) in [6.45, 7) is 3.61. The molecule has 0 radical (unpaired) electrons. The molecule has 2 aromatic heterocycles. The number of nitrogens with two attached hydrogens (primary N) is 1. The summed E-state index contributed by atoms with van der Waals surface area (Å²) < 4.78 is 28.0. The van der Waals surface area contributed by atoms with E-state index in [1.165, 1.54) is 28.5 Å². The Morgan fingerprint density at radius 2 is 1.69 bits per heavy atom. The summed E-state index contributed by atoms with van der Waals surface area (Å²) >= 11 is 1.47. The van der Waals surface area contributed by atoms with Gasteiger partial charge in [-0.05, 0) is 79.6 Å². The van der Waals surface area contributed by atoms with Crippen LogP contribution in [0.5, 0.6) is 0 Å².